The van der Waals surface area contributed by atoms with E-state index in [1.165, 1.54) is 35.3 Å². The number of aryl methyl sites for hydroxylation is 3. The van der Waals surface area contributed by atoms with E-state index >= 15 is 0 Å². The molecule has 0 bridgehead atoms. The van der Waals surface area contributed by atoms with Crippen molar-refractivity contribution in [2.45, 2.75) is 32.7 Å². The highest BCUT2D eigenvalue weighted by Gasteiger charge is 2.14. The molecule has 1 aromatic carbocycles. The van der Waals surface area contributed by atoms with Crippen LogP contribution in [0.5, 0.6) is 0 Å². The normalized spacial score (nSPS) is 11.3. The molecule has 1 N–H and O–H groups in total. The van der Waals surface area contributed by atoms with Crippen LogP contribution < -0.4 is 16.6 Å². The Kier molecular flexibility index (Phi) is 6.23. The van der Waals surface area contributed by atoms with E-state index in [1.807, 2.05) is 6.07 Å². The van der Waals surface area contributed by atoms with Crippen molar-refractivity contribution in [3.8, 4) is 0 Å². The third-order valence-corrected chi connectivity index (χ3v) is 6.35. The summed E-state index contributed by atoms with van der Waals surface area (Å²) in [6.07, 6.45) is 4.42. The number of nitrogens with zero attached hydrogens (tertiary/aromatic N) is 5. The Morgan fingerprint density at radius 1 is 1.18 bits per heavy atom. The minimum absolute atomic E-state index is 0.193. The van der Waals surface area contributed by atoms with Crippen LogP contribution in [0.15, 0.2) is 40.3 Å². The first-order valence-corrected chi connectivity index (χ1v) is 11.2. The van der Waals surface area contributed by atoms with E-state index in [2.05, 4.69) is 15.3 Å². The summed E-state index contributed by atoms with van der Waals surface area (Å²) in [4.78, 5) is 46.2. The molecule has 172 valence electrons. The van der Waals surface area contributed by atoms with Crippen molar-refractivity contribution in [1.29, 1.82) is 0 Å². The summed E-state index contributed by atoms with van der Waals surface area (Å²) >= 11 is 1.35. The lowest BCUT2D eigenvalue weighted by Gasteiger charge is -2.06. The van der Waals surface area contributed by atoms with E-state index in [4.69, 9.17) is 0 Å². The number of amides is 1. The fourth-order valence-corrected chi connectivity index (χ4v) is 4.42. The Bertz CT molecular complexity index is 1470. The van der Waals surface area contributed by atoms with Crippen LogP contribution in [0.2, 0.25) is 0 Å². The Labute approximate surface area is 192 Å². The lowest BCUT2D eigenvalue weighted by molar-refractivity contribution is -0.116. The average Bonchev–Trinajstić information content (AvgIpc) is 3.40. The molecule has 3 aromatic heterocycles. The van der Waals surface area contributed by atoms with Crippen molar-refractivity contribution in [1.82, 2.24) is 23.7 Å². The van der Waals surface area contributed by atoms with E-state index in [0.717, 1.165) is 15.0 Å². The Morgan fingerprint density at radius 3 is 2.73 bits per heavy atom. The predicted octanol–water partition coefficient (Wildman–Crippen LogP) is 2.35. The number of imidazole rings is 1. The second-order valence-electron chi connectivity index (χ2n) is 7.86. The van der Waals surface area contributed by atoms with Crippen LogP contribution in [0, 0.1) is 12.7 Å². The first-order valence-electron chi connectivity index (χ1n) is 10.3. The van der Waals surface area contributed by atoms with Gasteiger partial charge in [-0.05, 0) is 30.5 Å². The van der Waals surface area contributed by atoms with Gasteiger partial charge >= 0.3 is 5.69 Å². The quantitative estimate of drug-likeness (QED) is 0.447. The van der Waals surface area contributed by atoms with E-state index in [0.29, 0.717) is 41.2 Å². The molecule has 0 radical (unpaired) electrons. The van der Waals surface area contributed by atoms with Gasteiger partial charge in [-0.15, -0.1) is 11.3 Å². The minimum Gasteiger partial charge on any atom is -0.325 e. The Morgan fingerprint density at radius 2 is 1.97 bits per heavy atom. The molecule has 4 rings (SSSR count). The van der Waals surface area contributed by atoms with Gasteiger partial charge in [-0.25, -0.2) is 19.2 Å². The number of benzene rings is 1. The van der Waals surface area contributed by atoms with Gasteiger partial charge in [0.15, 0.2) is 16.3 Å². The molecule has 0 aliphatic rings. The predicted molar refractivity (Wildman–Crippen MR) is 124 cm³/mol. The van der Waals surface area contributed by atoms with Gasteiger partial charge in [0, 0.05) is 44.6 Å². The summed E-state index contributed by atoms with van der Waals surface area (Å²) in [5.41, 5.74) is 1.24. The zero-order chi connectivity index (χ0) is 23.7. The standard InChI is InChI=1S/C22H23FN6O3S/c1-13-6-7-14(10-16(13)23)9-15-11-24-21(33-15)26-17(30)5-4-8-29-12-25-19-18(29)20(31)28(3)22(32)27(19)2/h6-7,10-12H,4-5,8-9H2,1-3H3,(H,24,26,30). The first kappa shape index (κ1) is 22.6. The molecule has 0 spiro atoms. The third-order valence-electron chi connectivity index (χ3n) is 5.43. The topological polar surface area (TPSA) is 104 Å². The van der Waals surface area contributed by atoms with Crippen molar-refractivity contribution < 1.29 is 9.18 Å². The van der Waals surface area contributed by atoms with E-state index in [9.17, 15) is 18.8 Å². The van der Waals surface area contributed by atoms with Gasteiger partial charge < -0.3 is 9.88 Å². The van der Waals surface area contributed by atoms with Crippen LogP contribution in [-0.4, -0.2) is 29.6 Å². The zero-order valence-electron chi connectivity index (χ0n) is 18.5. The molecule has 3 heterocycles. The number of carbonyl (C=O) groups excluding carboxylic acids is 1. The second kappa shape index (κ2) is 9.10. The van der Waals surface area contributed by atoms with Crippen molar-refractivity contribution in [2.75, 3.05) is 5.32 Å². The largest absolute Gasteiger partial charge is 0.332 e. The molecule has 0 atom stereocenters. The number of halogens is 1. The number of hydrogen-bond donors (Lipinski definition) is 1. The molecule has 11 heteroatoms. The zero-order valence-corrected chi connectivity index (χ0v) is 19.3. The van der Waals surface area contributed by atoms with Crippen molar-refractivity contribution in [3.63, 3.8) is 0 Å². The fourth-order valence-electron chi connectivity index (χ4n) is 3.55. The number of carbonyl (C=O) groups is 1. The molecular formula is C22H23FN6O3S. The van der Waals surface area contributed by atoms with Gasteiger partial charge in [-0.2, -0.15) is 0 Å². The number of hydrogen-bond acceptors (Lipinski definition) is 6. The van der Waals surface area contributed by atoms with Gasteiger partial charge in [-0.3, -0.25) is 18.7 Å². The summed E-state index contributed by atoms with van der Waals surface area (Å²) < 4.78 is 17.8. The van der Waals surface area contributed by atoms with Gasteiger partial charge in [0.1, 0.15) is 5.82 Å². The molecular weight excluding hydrogens is 447 g/mol. The molecule has 0 fully saturated rings. The van der Waals surface area contributed by atoms with Crippen molar-refractivity contribution in [2.24, 2.45) is 14.1 Å². The van der Waals surface area contributed by atoms with Crippen molar-refractivity contribution >= 4 is 33.5 Å². The number of aromatic nitrogens is 5. The number of anilines is 1. The lowest BCUT2D eigenvalue weighted by atomic mass is 10.1. The van der Waals surface area contributed by atoms with Crippen LogP contribution in [-0.2, 0) is 31.9 Å². The highest BCUT2D eigenvalue weighted by atomic mass is 32.1. The molecule has 0 unspecified atom stereocenters. The summed E-state index contributed by atoms with van der Waals surface area (Å²) in [5, 5.41) is 3.27. The number of fused-ring (bicyclic) bond motifs is 1. The van der Waals surface area contributed by atoms with Crippen LogP contribution >= 0.6 is 11.3 Å². The lowest BCUT2D eigenvalue weighted by Crippen LogP contribution is -2.37. The summed E-state index contributed by atoms with van der Waals surface area (Å²) in [5.74, 6) is -0.432. The van der Waals surface area contributed by atoms with Crippen LogP contribution in [0.4, 0.5) is 9.52 Å². The molecule has 0 aliphatic heterocycles. The fraction of sp³-hybridized carbons (Fsp3) is 0.318. The maximum atomic E-state index is 13.7. The van der Waals surface area contributed by atoms with Gasteiger partial charge in [0.05, 0.1) is 6.33 Å². The Hall–Kier alpha value is -3.60. The van der Waals surface area contributed by atoms with Gasteiger partial charge in [-0.1, -0.05) is 12.1 Å². The highest BCUT2D eigenvalue weighted by molar-refractivity contribution is 7.15. The smallest absolute Gasteiger partial charge is 0.325 e. The maximum absolute atomic E-state index is 13.7. The highest BCUT2D eigenvalue weighted by Crippen LogP contribution is 2.22. The second-order valence-corrected chi connectivity index (χ2v) is 8.97. The maximum Gasteiger partial charge on any atom is 0.332 e. The van der Waals surface area contributed by atoms with Gasteiger partial charge in [0.2, 0.25) is 5.91 Å². The first-order chi connectivity index (χ1) is 15.7. The van der Waals surface area contributed by atoms with Crippen LogP contribution in [0.25, 0.3) is 11.2 Å². The Balaban J connectivity index is 1.35. The SMILES string of the molecule is Cc1ccc(Cc2cnc(NC(=O)CCCn3cnc4c3c(=O)n(C)c(=O)n4C)s2)cc1F. The molecule has 4 aromatic rings. The molecule has 0 aliphatic carbocycles. The average molecular weight is 471 g/mol. The van der Waals surface area contributed by atoms with E-state index in [1.54, 1.807) is 30.8 Å². The monoisotopic (exact) mass is 470 g/mol. The molecule has 0 saturated heterocycles. The molecule has 33 heavy (non-hydrogen) atoms. The van der Waals surface area contributed by atoms with Crippen LogP contribution in [0.3, 0.4) is 0 Å². The molecule has 0 saturated carbocycles. The number of thiazole rings is 1. The molecule has 1 amide bonds. The summed E-state index contributed by atoms with van der Waals surface area (Å²) in [6, 6.07) is 5.13. The summed E-state index contributed by atoms with van der Waals surface area (Å²) in [6.45, 7) is 2.12. The van der Waals surface area contributed by atoms with Crippen molar-refractivity contribution in [3.05, 3.63) is 73.4 Å². The molecule has 9 nitrogen and oxygen atoms in total. The third kappa shape index (κ3) is 4.63. The number of rotatable bonds is 7. The van der Waals surface area contributed by atoms with Gasteiger partial charge in [0.25, 0.3) is 5.56 Å². The minimum atomic E-state index is -0.438. The number of nitrogens with one attached hydrogen (secondary N) is 1. The van der Waals surface area contributed by atoms with E-state index < -0.39 is 11.2 Å². The summed E-state index contributed by atoms with van der Waals surface area (Å²) in [7, 11) is 2.99. The van der Waals surface area contributed by atoms with E-state index in [-0.39, 0.29) is 18.1 Å². The van der Waals surface area contributed by atoms with Crippen LogP contribution in [0.1, 0.15) is 28.8 Å².